The van der Waals surface area contributed by atoms with Crippen LogP contribution in [0.1, 0.15) is 37.0 Å². The van der Waals surface area contributed by atoms with Crippen molar-refractivity contribution in [2.24, 2.45) is 5.73 Å². The Morgan fingerprint density at radius 3 is 2.48 bits per heavy atom. The number of hydrogen-bond donors (Lipinski definition) is 2. The molecule has 3 rings (SSSR count). The molecule has 9 nitrogen and oxygen atoms in total. The van der Waals surface area contributed by atoms with Gasteiger partial charge in [0.05, 0.1) is 16.6 Å². The highest BCUT2D eigenvalue weighted by molar-refractivity contribution is 7.16. The number of hydrogen-bond acceptors (Lipinski definition) is 8. The number of primary amides is 1. The van der Waals surface area contributed by atoms with Gasteiger partial charge in [0.1, 0.15) is 5.76 Å². The van der Waals surface area contributed by atoms with Crippen LogP contribution in [0.4, 0.5) is 21.7 Å². The van der Waals surface area contributed by atoms with Crippen LogP contribution in [0.15, 0.2) is 29.2 Å². The number of anilines is 3. The number of urea groups is 1. The number of nitrogen functional groups attached to an aromatic ring is 1. The minimum atomic E-state index is -0.718. The second kappa shape index (κ2) is 7.05. The van der Waals surface area contributed by atoms with E-state index in [4.69, 9.17) is 16.0 Å². The standard InChI is InChI=1S/C17H17N7O2S/c1-17(2,3)12-6-13(23-26-12)24(15(19)25)16-22-9-11(27-16)5-4-10-7-20-14(18)21-8-10/h6-9H,1-3H3,(H2,19,25)(H2,18,20,21). The molecule has 0 atom stereocenters. The molecule has 10 heteroatoms. The zero-order valence-electron chi connectivity index (χ0n) is 14.9. The first-order valence-corrected chi connectivity index (χ1v) is 8.68. The van der Waals surface area contributed by atoms with Gasteiger partial charge in [-0.25, -0.2) is 24.6 Å². The molecule has 0 saturated carbocycles. The van der Waals surface area contributed by atoms with Crippen LogP contribution in [0.3, 0.4) is 0 Å². The van der Waals surface area contributed by atoms with Crippen molar-refractivity contribution in [3.63, 3.8) is 0 Å². The third-order valence-electron chi connectivity index (χ3n) is 3.37. The number of nitrogens with two attached hydrogens (primary N) is 2. The molecule has 27 heavy (non-hydrogen) atoms. The molecule has 2 amide bonds. The van der Waals surface area contributed by atoms with Gasteiger partial charge in [0.25, 0.3) is 0 Å². The number of carbonyl (C=O) groups excluding carboxylic acids is 1. The molecule has 3 aromatic rings. The van der Waals surface area contributed by atoms with Crippen molar-refractivity contribution in [1.82, 2.24) is 20.1 Å². The van der Waals surface area contributed by atoms with Crippen molar-refractivity contribution < 1.29 is 9.32 Å². The first-order chi connectivity index (χ1) is 12.7. The molecule has 0 bridgehead atoms. The Morgan fingerprint density at radius 1 is 1.19 bits per heavy atom. The summed E-state index contributed by atoms with van der Waals surface area (Å²) in [4.78, 5) is 25.7. The lowest BCUT2D eigenvalue weighted by molar-refractivity contribution is 0.255. The van der Waals surface area contributed by atoms with E-state index in [9.17, 15) is 4.79 Å². The summed E-state index contributed by atoms with van der Waals surface area (Å²) in [5.74, 6) is 6.92. The Kier molecular flexibility index (Phi) is 4.79. The van der Waals surface area contributed by atoms with Crippen molar-refractivity contribution in [3.05, 3.63) is 40.9 Å². The Bertz CT molecular complexity index is 1020. The van der Waals surface area contributed by atoms with Crippen LogP contribution in [0, 0.1) is 11.8 Å². The largest absolute Gasteiger partial charge is 0.368 e. The summed E-state index contributed by atoms with van der Waals surface area (Å²) in [5.41, 5.74) is 11.3. The van der Waals surface area contributed by atoms with Crippen LogP contribution in [0.2, 0.25) is 0 Å². The molecule has 0 radical (unpaired) electrons. The van der Waals surface area contributed by atoms with E-state index in [-0.39, 0.29) is 17.2 Å². The Labute approximate surface area is 159 Å². The van der Waals surface area contributed by atoms with E-state index >= 15 is 0 Å². The summed E-state index contributed by atoms with van der Waals surface area (Å²) in [6.45, 7) is 5.93. The lowest BCUT2D eigenvalue weighted by Crippen LogP contribution is -2.31. The molecule has 0 fully saturated rings. The minimum Gasteiger partial charge on any atom is -0.368 e. The van der Waals surface area contributed by atoms with E-state index in [1.54, 1.807) is 12.3 Å². The highest BCUT2D eigenvalue weighted by atomic mass is 32.1. The summed E-state index contributed by atoms with van der Waals surface area (Å²) >= 11 is 1.20. The lowest BCUT2D eigenvalue weighted by atomic mass is 9.93. The summed E-state index contributed by atoms with van der Waals surface area (Å²) in [6, 6.07) is 0.952. The Hall–Kier alpha value is -3.45. The number of rotatable bonds is 2. The summed E-state index contributed by atoms with van der Waals surface area (Å²) in [6.07, 6.45) is 4.60. The third-order valence-corrected chi connectivity index (χ3v) is 4.27. The summed E-state index contributed by atoms with van der Waals surface area (Å²) in [7, 11) is 0. The number of aromatic nitrogens is 4. The van der Waals surface area contributed by atoms with E-state index in [0.29, 0.717) is 21.3 Å². The van der Waals surface area contributed by atoms with Crippen LogP contribution in [0.25, 0.3) is 0 Å². The number of carbonyl (C=O) groups is 1. The second-order valence-corrected chi connectivity index (χ2v) is 7.57. The summed E-state index contributed by atoms with van der Waals surface area (Å²) in [5, 5.41) is 4.29. The van der Waals surface area contributed by atoms with Crippen LogP contribution in [-0.4, -0.2) is 26.1 Å². The van der Waals surface area contributed by atoms with Gasteiger partial charge in [0.15, 0.2) is 5.82 Å². The molecule has 0 aromatic carbocycles. The van der Waals surface area contributed by atoms with Crippen LogP contribution in [0.5, 0.6) is 0 Å². The maximum absolute atomic E-state index is 11.9. The minimum absolute atomic E-state index is 0.181. The second-order valence-electron chi connectivity index (χ2n) is 6.56. The number of thiazole rings is 1. The fourth-order valence-electron chi connectivity index (χ4n) is 1.99. The van der Waals surface area contributed by atoms with E-state index < -0.39 is 6.03 Å². The van der Waals surface area contributed by atoms with Gasteiger partial charge >= 0.3 is 6.03 Å². The zero-order chi connectivity index (χ0) is 19.6. The first kappa shape index (κ1) is 18.3. The Morgan fingerprint density at radius 2 is 1.89 bits per heavy atom. The van der Waals surface area contributed by atoms with E-state index in [1.807, 2.05) is 20.8 Å². The van der Waals surface area contributed by atoms with Gasteiger partial charge in [0, 0.05) is 23.9 Å². The average Bonchev–Trinajstić information content (AvgIpc) is 3.24. The van der Waals surface area contributed by atoms with Crippen molar-refractivity contribution >= 4 is 34.3 Å². The van der Waals surface area contributed by atoms with E-state index in [0.717, 1.165) is 0 Å². The van der Waals surface area contributed by atoms with Crippen molar-refractivity contribution in [2.45, 2.75) is 26.2 Å². The third kappa shape index (κ3) is 4.21. The van der Waals surface area contributed by atoms with Crippen LogP contribution in [-0.2, 0) is 5.41 Å². The fraction of sp³-hybridized carbons (Fsp3) is 0.235. The smallest absolute Gasteiger partial charge is 0.327 e. The molecule has 3 aromatic heterocycles. The number of nitrogens with zero attached hydrogens (tertiary/aromatic N) is 5. The highest BCUT2D eigenvalue weighted by Gasteiger charge is 2.26. The first-order valence-electron chi connectivity index (χ1n) is 7.86. The van der Waals surface area contributed by atoms with Gasteiger partial charge in [-0.15, -0.1) is 0 Å². The molecular weight excluding hydrogens is 366 g/mol. The van der Waals surface area contributed by atoms with Gasteiger partial charge in [-0.3, -0.25) is 0 Å². The SMILES string of the molecule is CC(C)(C)c1cc(N(C(N)=O)c2ncc(C#Cc3cnc(N)nc3)s2)no1. The van der Waals surface area contributed by atoms with E-state index in [1.165, 1.54) is 28.6 Å². The van der Waals surface area contributed by atoms with E-state index in [2.05, 4.69) is 31.9 Å². The van der Waals surface area contributed by atoms with Gasteiger partial charge in [-0.2, -0.15) is 0 Å². The van der Waals surface area contributed by atoms with Crippen molar-refractivity contribution in [3.8, 4) is 11.8 Å². The van der Waals surface area contributed by atoms with Gasteiger partial charge in [-0.05, 0) is 5.92 Å². The van der Waals surface area contributed by atoms with Crippen molar-refractivity contribution in [1.29, 1.82) is 0 Å². The molecule has 0 aliphatic carbocycles. The monoisotopic (exact) mass is 383 g/mol. The normalized spacial score (nSPS) is 10.9. The van der Waals surface area contributed by atoms with Gasteiger partial charge < -0.3 is 16.0 Å². The molecule has 0 spiro atoms. The number of amides is 2. The highest BCUT2D eigenvalue weighted by Crippen LogP contribution is 2.32. The lowest BCUT2D eigenvalue weighted by Gasteiger charge is -2.14. The fourth-order valence-corrected chi connectivity index (χ4v) is 2.78. The van der Waals surface area contributed by atoms with Crippen molar-refractivity contribution in [2.75, 3.05) is 10.6 Å². The molecular formula is C17H17N7O2S. The molecule has 0 aliphatic heterocycles. The van der Waals surface area contributed by atoms with Gasteiger partial charge in [0.2, 0.25) is 11.1 Å². The molecule has 4 N–H and O–H groups in total. The van der Waals surface area contributed by atoms with Crippen LogP contribution < -0.4 is 16.4 Å². The predicted molar refractivity (Wildman–Crippen MR) is 101 cm³/mol. The molecule has 0 unspecified atom stereocenters. The predicted octanol–water partition coefficient (Wildman–Crippen LogP) is 2.42. The quantitative estimate of drug-likeness (QED) is 0.648. The summed E-state index contributed by atoms with van der Waals surface area (Å²) < 4.78 is 5.33. The Balaban J connectivity index is 1.87. The molecule has 0 saturated heterocycles. The van der Waals surface area contributed by atoms with Gasteiger partial charge in [-0.1, -0.05) is 43.2 Å². The average molecular weight is 383 g/mol. The topological polar surface area (TPSA) is 137 Å². The molecule has 138 valence electrons. The zero-order valence-corrected chi connectivity index (χ0v) is 15.7. The molecule has 3 heterocycles. The molecule has 0 aliphatic rings. The van der Waals surface area contributed by atoms with Crippen LogP contribution >= 0.6 is 11.3 Å². The maximum atomic E-state index is 11.9. The maximum Gasteiger partial charge on any atom is 0.327 e.